The van der Waals surface area contributed by atoms with Crippen LogP contribution in [0.5, 0.6) is 0 Å². The number of hydrogen-bond donors (Lipinski definition) is 1. The fraction of sp³-hybridized carbons (Fsp3) is 0.294. The molecule has 2 aromatic rings. The fourth-order valence-electron chi connectivity index (χ4n) is 2.17. The molecule has 1 unspecified atom stereocenters. The minimum absolute atomic E-state index is 0.0589. The lowest BCUT2D eigenvalue weighted by Gasteiger charge is -2.14. The van der Waals surface area contributed by atoms with E-state index in [-0.39, 0.29) is 6.04 Å². The number of methoxy groups -OCH3 is 1. The number of benzene rings is 2. The molecule has 0 radical (unpaired) electrons. The van der Waals surface area contributed by atoms with E-state index in [4.69, 9.17) is 10.5 Å². The standard InChI is InChI=1S/C17H21NO/c1-13-4-3-5-16(12-13)17(18)15-8-6-14(7-9-15)10-11-19-2/h3-9,12,17H,10-11,18H2,1-2H3. The topological polar surface area (TPSA) is 35.2 Å². The van der Waals surface area contributed by atoms with Crippen molar-refractivity contribution in [1.82, 2.24) is 0 Å². The summed E-state index contributed by atoms with van der Waals surface area (Å²) in [7, 11) is 1.72. The van der Waals surface area contributed by atoms with Gasteiger partial charge in [0.05, 0.1) is 12.6 Å². The van der Waals surface area contributed by atoms with E-state index in [0.717, 1.165) is 24.2 Å². The highest BCUT2D eigenvalue weighted by Gasteiger charge is 2.08. The van der Waals surface area contributed by atoms with E-state index >= 15 is 0 Å². The van der Waals surface area contributed by atoms with E-state index in [1.165, 1.54) is 11.1 Å². The maximum atomic E-state index is 6.31. The second kappa shape index (κ2) is 6.50. The second-order valence-corrected chi connectivity index (χ2v) is 4.88. The van der Waals surface area contributed by atoms with Gasteiger partial charge in [0.25, 0.3) is 0 Å². The summed E-state index contributed by atoms with van der Waals surface area (Å²) in [6.07, 6.45) is 0.941. The van der Waals surface area contributed by atoms with Crippen molar-refractivity contribution >= 4 is 0 Å². The lowest BCUT2D eigenvalue weighted by molar-refractivity contribution is 0.202. The Balaban J connectivity index is 2.13. The molecule has 0 bridgehead atoms. The zero-order valence-corrected chi connectivity index (χ0v) is 11.6. The maximum absolute atomic E-state index is 6.31. The third-order valence-corrected chi connectivity index (χ3v) is 3.33. The van der Waals surface area contributed by atoms with Crippen LogP contribution < -0.4 is 5.73 Å². The van der Waals surface area contributed by atoms with Gasteiger partial charge in [0, 0.05) is 7.11 Å². The Labute approximate surface area is 115 Å². The lowest BCUT2D eigenvalue weighted by atomic mass is 9.97. The van der Waals surface area contributed by atoms with Crippen molar-refractivity contribution in [3.63, 3.8) is 0 Å². The summed E-state index contributed by atoms with van der Waals surface area (Å²) in [6, 6.07) is 16.8. The van der Waals surface area contributed by atoms with Crippen LogP contribution in [0.4, 0.5) is 0 Å². The highest BCUT2D eigenvalue weighted by atomic mass is 16.5. The average Bonchev–Trinajstić information content (AvgIpc) is 2.45. The molecule has 2 heteroatoms. The van der Waals surface area contributed by atoms with Gasteiger partial charge >= 0.3 is 0 Å². The molecule has 0 heterocycles. The van der Waals surface area contributed by atoms with E-state index < -0.39 is 0 Å². The van der Waals surface area contributed by atoms with E-state index in [9.17, 15) is 0 Å². The first-order chi connectivity index (χ1) is 9.20. The van der Waals surface area contributed by atoms with Crippen LogP contribution in [-0.4, -0.2) is 13.7 Å². The van der Waals surface area contributed by atoms with Gasteiger partial charge in [-0.2, -0.15) is 0 Å². The summed E-state index contributed by atoms with van der Waals surface area (Å²) in [4.78, 5) is 0. The van der Waals surface area contributed by atoms with Crippen LogP contribution in [0.3, 0.4) is 0 Å². The summed E-state index contributed by atoms with van der Waals surface area (Å²) in [6.45, 7) is 2.84. The van der Waals surface area contributed by atoms with Crippen LogP contribution in [0.2, 0.25) is 0 Å². The second-order valence-electron chi connectivity index (χ2n) is 4.88. The fourth-order valence-corrected chi connectivity index (χ4v) is 2.17. The number of aryl methyl sites for hydroxylation is 1. The smallest absolute Gasteiger partial charge is 0.0551 e. The van der Waals surface area contributed by atoms with Gasteiger partial charge in [0.1, 0.15) is 0 Å². The van der Waals surface area contributed by atoms with E-state index in [0.29, 0.717) is 0 Å². The summed E-state index contributed by atoms with van der Waals surface area (Å²) >= 11 is 0. The van der Waals surface area contributed by atoms with Crippen molar-refractivity contribution in [2.45, 2.75) is 19.4 Å². The number of nitrogens with two attached hydrogens (primary N) is 1. The zero-order valence-electron chi connectivity index (χ0n) is 11.6. The quantitative estimate of drug-likeness (QED) is 0.890. The first kappa shape index (κ1) is 13.8. The van der Waals surface area contributed by atoms with Gasteiger partial charge in [-0.25, -0.2) is 0 Å². The molecule has 0 aliphatic carbocycles. The molecule has 100 valence electrons. The SMILES string of the molecule is COCCc1ccc(C(N)c2cccc(C)c2)cc1. The van der Waals surface area contributed by atoms with E-state index in [1.807, 2.05) is 0 Å². The molecule has 0 aliphatic heterocycles. The van der Waals surface area contributed by atoms with Crippen LogP contribution in [0.1, 0.15) is 28.3 Å². The first-order valence-electron chi connectivity index (χ1n) is 6.60. The molecular formula is C17H21NO. The van der Waals surface area contributed by atoms with Crippen molar-refractivity contribution in [2.24, 2.45) is 5.73 Å². The van der Waals surface area contributed by atoms with Crippen molar-refractivity contribution in [3.05, 3.63) is 70.8 Å². The molecule has 2 N–H and O–H groups in total. The Morgan fingerprint density at radius 1 is 1.05 bits per heavy atom. The van der Waals surface area contributed by atoms with Crippen molar-refractivity contribution in [3.8, 4) is 0 Å². The monoisotopic (exact) mass is 255 g/mol. The molecule has 2 nitrogen and oxygen atoms in total. The molecule has 0 amide bonds. The van der Waals surface area contributed by atoms with Crippen molar-refractivity contribution < 1.29 is 4.74 Å². The number of hydrogen-bond acceptors (Lipinski definition) is 2. The molecule has 19 heavy (non-hydrogen) atoms. The predicted octanol–water partition coefficient (Wildman–Crippen LogP) is 3.23. The first-order valence-corrected chi connectivity index (χ1v) is 6.60. The lowest BCUT2D eigenvalue weighted by Crippen LogP contribution is -2.12. The molecule has 0 spiro atoms. The van der Waals surface area contributed by atoms with Crippen LogP contribution >= 0.6 is 0 Å². The largest absolute Gasteiger partial charge is 0.384 e. The third-order valence-electron chi connectivity index (χ3n) is 3.33. The molecule has 0 saturated carbocycles. The Kier molecular flexibility index (Phi) is 4.72. The van der Waals surface area contributed by atoms with E-state index in [2.05, 4.69) is 55.5 Å². The summed E-state index contributed by atoms with van der Waals surface area (Å²) in [5.74, 6) is 0. The normalized spacial score (nSPS) is 12.4. The number of rotatable bonds is 5. The minimum Gasteiger partial charge on any atom is -0.384 e. The molecule has 2 rings (SSSR count). The molecule has 0 fully saturated rings. The number of ether oxygens (including phenoxy) is 1. The predicted molar refractivity (Wildman–Crippen MR) is 79.2 cm³/mol. The molecule has 1 atom stereocenters. The van der Waals surface area contributed by atoms with Crippen LogP contribution in [0.15, 0.2) is 48.5 Å². The third kappa shape index (κ3) is 3.66. The van der Waals surface area contributed by atoms with Crippen LogP contribution in [0.25, 0.3) is 0 Å². The zero-order chi connectivity index (χ0) is 13.7. The highest BCUT2D eigenvalue weighted by Crippen LogP contribution is 2.20. The van der Waals surface area contributed by atoms with Gasteiger partial charge in [0.15, 0.2) is 0 Å². The summed E-state index contributed by atoms with van der Waals surface area (Å²) in [5.41, 5.74) is 11.1. The molecule has 2 aromatic carbocycles. The minimum atomic E-state index is -0.0589. The summed E-state index contributed by atoms with van der Waals surface area (Å²) in [5, 5.41) is 0. The van der Waals surface area contributed by atoms with Crippen LogP contribution in [0, 0.1) is 6.92 Å². The van der Waals surface area contributed by atoms with E-state index in [1.54, 1.807) is 7.11 Å². The maximum Gasteiger partial charge on any atom is 0.0551 e. The van der Waals surface area contributed by atoms with Crippen LogP contribution in [-0.2, 0) is 11.2 Å². The van der Waals surface area contributed by atoms with Crippen molar-refractivity contribution in [1.29, 1.82) is 0 Å². The summed E-state index contributed by atoms with van der Waals surface area (Å²) < 4.78 is 5.08. The van der Waals surface area contributed by atoms with Gasteiger partial charge in [-0.05, 0) is 30.0 Å². The van der Waals surface area contributed by atoms with Gasteiger partial charge in [-0.1, -0.05) is 54.1 Å². The molecule has 0 aliphatic rings. The Morgan fingerprint density at radius 3 is 2.42 bits per heavy atom. The Morgan fingerprint density at radius 2 is 1.79 bits per heavy atom. The van der Waals surface area contributed by atoms with Gasteiger partial charge in [0.2, 0.25) is 0 Å². The molecule has 0 aromatic heterocycles. The van der Waals surface area contributed by atoms with Gasteiger partial charge in [-0.15, -0.1) is 0 Å². The highest BCUT2D eigenvalue weighted by molar-refractivity contribution is 5.34. The molecule has 0 saturated heterocycles. The Hall–Kier alpha value is -1.64. The molecular weight excluding hydrogens is 234 g/mol. The Bertz CT molecular complexity index is 519. The average molecular weight is 255 g/mol. The van der Waals surface area contributed by atoms with Gasteiger partial charge in [-0.3, -0.25) is 0 Å². The van der Waals surface area contributed by atoms with Gasteiger partial charge < -0.3 is 10.5 Å². The van der Waals surface area contributed by atoms with Crippen molar-refractivity contribution in [2.75, 3.05) is 13.7 Å².